The van der Waals surface area contributed by atoms with E-state index in [-0.39, 0.29) is 45.6 Å². The van der Waals surface area contributed by atoms with Crippen LogP contribution in [0.2, 0.25) is 10.0 Å². The highest BCUT2D eigenvalue weighted by molar-refractivity contribution is 7.92. The van der Waals surface area contributed by atoms with Crippen LogP contribution in [0.15, 0.2) is 71.6 Å². The van der Waals surface area contributed by atoms with E-state index >= 15 is 0 Å². The summed E-state index contributed by atoms with van der Waals surface area (Å²) in [7, 11) is -7.51. The summed E-state index contributed by atoms with van der Waals surface area (Å²) in [6, 6.07) is 17.2. The van der Waals surface area contributed by atoms with Crippen molar-refractivity contribution in [3.8, 4) is 5.75 Å². The molecule has 1 aliphatic rings. The average molecular weight is 627 g/mol. The van der Waals surface area contributed by atoms with Crippen LogP contribution in [0.3, 0.4) is 0 Å². The Labute approximate surface area is 244 Å². The van der Waals surface area contributed by atoms with Crippen molar-refractivity contribution in [2.75, 3.05) is 29.7 Å². The summed E-state index contributed by atoms with van der Waals surface area (Å²) in [5, 5.41) is 3.37. The van der Waals surface area contributed by atoms with Gasteiger partial charge in [0.15, 0.2) is 0 Å². The van der Waals surface area contributed by atoms with E-state index in [1.807, 2.05) is 6.92 Å². The molecule has 0 aromatic heterocycles. The van der Waals surface area contributed by atoms with E-state index < -0.39 is 20.0 Å². The molecule has 1 aliphatic heterocycles. The Balaban J connectivity index is 1.31. The van der Waals surface area contributed by atoms with Gasteiger partial charge in [-0.3, -0.25) is 9.52 Å². The molecule has 1 amide bonds. The summed E-state index contributed by atoms with van der Waals surface area (Å²) in [6.07, 6.45) is 0.694. The molecule has 13 heteroatoms. The van der Waals surface area contributed by atoms with Gasteiger partial charge in [0.1, 0.15) is 5.75 Å². The van der Waals surface area contributed by atoms with Crippen molar-refractivity contribution in [3.05, 3.63) is 82.3 Å². The third-order valence-electron chi connectivity index (χ3n) is 6.46. The first-order valence-electron chi connectivity index (χ1n) is 12.6. The Morgan fingerprint density at radius 1 is 0.900 bits per heavy atom. The lowest BCUT2D eigenvalue weighted by Crippen LogP contribution is -2.42. The smallest absolute Gasteiger partial charge is 0.261 e. The van der Waals surface area contributed by atoms with Crippen molar-refractivity contribution in [2.45, 2.75) is 30.4 Å². The summed E-state index contributed by atoms with van der Waals surface area (Å²) in [5.74, 6) is -0.320. The lowest BCUT2D eigenvalue weighted by Gasteiger charge is -2.30. The molecule has 3 aromatic rings. The number of hydrogen-bond acceptors (Lipinski definition) is 6. The number of nitrogens with zero attached hydrogens (tertiary/aromatic N) is 1. The van der Waals surface area contributed by atoms with Gasteiger partial charge in [0.2, 0.25) is 15.9 Å². The molecule has 0 aliphatic carbocycles. The molecule has 2 N–H and O–H groups in total. The topological polar surface area (TPSA) is 122 Å². The molecule has 40 heavy (non-hydrogen) atoms. The number of rotatable bonds is 10. The van der Waals surface area contributed by atoms with Crippen LogP contribution in [0, 0.1) is 5.92 Å². The van der Waals surface area contributed by atoms with Crippen molar-refractivity contribution in [1.82, 2.24) is 4.31 Å². The van der Waals surface area contributed by atoms with Crippen LogP contribution in [0.1, 0.15) is 25.3 Å². The molecule has 0 bridgehead atoms. The maximum atomic E-state index is 12.9. The van der Waals surface area contributed by atoms with Gasteiger partial charge in [-0.2, -0.15) is 0 Å². The van der Waals surface area contributed by atoms with Gasteiger partial charge in [-0.25, -0.2) is 21.1 Å². The van der Waals surface area contributed by atoms with Crippen molar-refractivity contribution < 1.29 is 26.4 Å². The van der Waals surface area contributed by atoms with Gasteiger partial charge in [-0.1, -0.05) is 29.3 Å². The predicted molar refractivity (Wildman–Crippen MR) is 157 cm³/mol. The summed E-state index contributed by atoms with van der Waals surface area (Å²) in [6.45, 7) is 2.75. The van der Waals surface area contributed by atoms with Gasteiger partial charge in [0.25, 0.3) is 10.0 Å². The second kappa shape index (κ2) is 12.8. The van der Waals surface area contributed by atoms with E-state index in [4.69, 9.17) is 27.9 Å². The van der Waals surface area contributed by atoms with E-state index in [1.54, 1.807) is 42.5 Å². The number of nitrogens with one attached hydrogen (secondary N) is 2. The maximum absolute atomic E-state index is 12.9. The minimum atomic E-state index is -3.83. The fourth-order valence-electron chi connectivity index (χ4n) is 4.30. The van der Waals surface area contributed by atoms with Crippen molar-refractivity contribution in [2.24, 2.45) is 5.92 Å². The first kappa shape index (κ1) is 30.1. The molecule has 0 unspecified atom stereocenters. The molecule has 214 valence electrons. The number of carbonyl (C=O) groups is 1. The molecule has 3 aromatic carbocycles. The largest absolute Gasteiger partial charge is 0.494 e. The number of hydrogen-bond donors (Lipinski definition) is 2. The van der Waals surface area contributed by atoms with Crippen LogP contribution in [0.4, 0.5) is 11.4 Å². The van der Waals surface area contributed by atoms with Crippen LogP contribution in [0.5, 0.6) is 5.75 Å². The second-order valence-electron chi connectivity index (χ2n) is 9.21. The standard InChI is InChI=1S/C27H29Cl2N3O6S2/c1-2-38-22-10-6-21(7-11-22)31-40(36,37)23-12-8-20(9-13-23)30-27(33)19-14-16-32(17-15-19)39(34,35)18-24-25(28)4-3-5-26(24)29/h3-13,19,31H,2,14-18H2,1H3,(H,30,33). The Morgan fingerprint density at radius 3 is 2.05 bits per heavy atom. The maximum Gasteiger partial charge on any atom is 0.261 e. The first-order valence-corrected chi connectivity index (χ1v) is 16.4. The van der Waals surface area contributed by atoms with Crippen molar-refractivity contribution in [1.29, 1.82) is 0 Å². The summed E-state index contributed by atoms with van der Waals surface area (Å²) in [5.41, 5.74) is 1.18. The third kappa shape index (κ3) is 7.46. The Kier molecular flexibility index (Phi) is 9.63. The van der Waals surface area contributed by atoms with E-state index in [0.717, 1.165) is 0 Å². The molecule has 4 rings (SSSR count). The van der Waals surface area contributed by atoms with Crippen molar-refractivity contribution in [3.63, 3.8) is 0 Å². The Bertz CT molecular complexity index is 1540. The number of carbonyl (C=O) groups excluding carboxylic acids is 1. The lowest BCUT2D eigenvalue weighted by atomic mass is 9.97. The molecular formula is C27H29Cl2N3O6S2. The zero-order valence-corrected chi connectivity index (χ0v) is 24.8. The van der Waals surface area contributed by atoms with Crippen LogP contribution in [-0.2, 0) is 30.6 Å². The van der Waals surface area contributed by atoms with Gasteiger partial charge in [0.05, 0.1) is 17.3 Å². The number of halogens is 2. The fraction of sp³-hybridized carbons (Fsp3) is 0.296. The Hall–Kier alpha value is -2.83. The number of benzene rings is 3. The second-order valence-corrected chi connectivity index (χ2v) is 13.7. The van der Waals surface area contributed by atoms with Crippen LogP contribution >= 0.6 is 23.2 Å². The SMILES string of the molecule is CCOc1ccc(NS(=O)(=O)c2ccc(NC(=O)C3CCN(S(=O)(=O)Cc4c(Cl)cccc4Cl)CC3)cc2)cc1. The molecule has 0 radical (unpaired) electrons. The van der Waals surface area contributed by atoms with Gasteiger partial charge < -0.3 is 10.1 Å². The number of sulfonamides is 2. The lowest BCUT2D eigenvalue weighted by molar-refractivity contribution is -0.120. The number of ether oxygens (including phenoxy) is 1. The van der Waals surface area contributed by atoms with E-state index in [1.165, 1.54) is 28.6 Å². The Morgan fingerprint density at radius 2 is 1.48 bits per heavy atom. The van der Waals surface area contributed by atoms with E-state index in [9.17, 15) is 21.6 Å². The molecule has 1 heterocycles. The highest BCUT2D eigenvalue weighted by atomic mass is 35.5. The number of piperidine rings is 1. The van der Waals surface area contributed by atoms with Gasteiger partial charge in [-0.05, 0) is 80.4 Å². The fourth-order valence-corrected chi connectivity index (χ4v) is 7.68. The summed E-state index contributed by atoms with van der Waals surface area (Å²) in [4.78, 5) is 12.9. The van der Waals surface area contributed by atoms with Crippen molar-refractivity contribution >= 4 is 60.5 Å². The average Bonchev–Trinajstić information content (AvgIpc) is 2.92. The van der Waals surface area contributed by atoms with Gasteiger partial charge in [-0.15, -0.1) is 0 Å². The molecule has 0 saturated carbocycles. The quantitative estimate of drug-likeness (QED) is 0.312. The summed E-state index contributed by atoms with van der Waals surface area (Å²) < 4.78 is 60.6. The van der Waals surface area contributed by atoms with Crippen LogP contribution < -0.4 is 14.8 Å². The minimum absolute atomic E-state index is 0.0384. The zero-order valence-electron chi connectivity index (χ0n) is 21.6. The summed E-state index contributed by atoms with van der Waals surface area (Å²) >= 11 is 12.3. The van der Waals surface area contributed by atoms with Crippen LogP contribution in [0.25, 0.3) is 0 Å². The monoisotopic (exact) mass is 625 g/mol. The highest BCUT2D eigenvalue weighted by Gasteiger charge is 2.32. The normalized spacial score (nSPS) is 15.0. The highest BCUT2D eigenvalue weighted by Crippen LogP contribution is 2.29. The third-order valence-corrected chi connectivity index (χ3v) is 10.4. The van der Waals surface area contributed by atoms with E-state index in [2.05, 4.69) is 10.0 Å². The predicted octanol–water partition coefficient (Wildman–Crippen LogP) is 5.37. The molecule has 1 saturated heterocycles. The molecule has 0 atom stereocenters. The molecule has 9 nitrogen and oxygen atoms in total. The van der Waals surface area contributed by atoms with Gasteiger partial charge >= 0.3 is 0 Å². The molecule has 1 fully saturated rings. The number of amides is 1. The zero-order chi connectivity index (χ0) is 28.9. The first-order chi connectivity index (χ1) is 19.0. The number of anilines is 2. The molecule has 0 spiro atoms. The van der Waals surface area contributed by atoms with E-state index in [0.29, 0.717) is 42.1 Å². The van der Waals surface area contributed by atoms with Gasteiger partial charge in [0, 0.05) is 46.0 Å². The minimum Gasteiger partial charge on any atom is -0.494 e. The van der Waals surface area contributed by atoms with Crippen LogP contribution in [-0.4, -0.2) is 46.7 Å². The molecular weight excluding hydrogens is 597 g/mol.